The molecule has 0 aliphatic carbocycles. The molecule has 2 rings (SSSR count). The minimum Gasteiger partial charge on any atom is -0.462 e. The smallest absolute Gasteiger partial charge is 0.435 e. The fraction of sp³-hybridized carbons (Fsp3) is 0.188. The van der Waals surface area contributed by atoms with E-state index >= 15 is 0 Å². The normalized spacial score (nSPS) is 11.1. The number of carbonyl (C=O) groups excluding carboxylic acids is 1. The number of aromatic nitrogens is 2. The molecule has 2 N–H and O–H groups in total. The van der Waals surface area contributed by atoms with Crippen LogP contribution in [-0.2, 0) is 10.9 Å². The maximum atomic E-state index is 13.2. The third kappa shape index (κ3) is 3.70. The first-order chi connectivity index (χ1) is 13.0. The molecule has 12 heteroatoms. The summed E-state index contributed by atoms with van der Waals surface area (Å²) >= 11 is 0. The monoisotopic (exact) mass is 398 g/mol. The third-order valence-corrected chi connectivity index (χ3v) is 3.55. The molecule has 0 unspecified atom stereocenters. The second-order valence-electron chi connectivity index (χ2n) is 5.26. The summed E-state index contributed by atoms with van der Waals surface area (Å²) in [6.45, 7) is 4.84. The molecule has 0 atom stereocenters. The summed E-state index contributed by atoms with van der Waals surface area (Å²) in [7, 11) is 0. The Morgan fingerprint density at radius 3 is 2.61 bits per heavy atom. The van der Waals surface area contributed by atoms with Crippen LogP contribution in [0.5, 0.6) is 0 Å². The lowest BCUT2D eigenvalue weighted by molar-refractivity contribution is -0.384. The lowest BCUT2D eigenvalue weighted by Crippen LogP contribution is -2.28. The molecule has 0 saturated carbocycles. The molecule has 0 aliphatic rings. The topological polar surface area (TPSA) is 130 Å². The van der Waals surface area contributed by atoms with Crippen molar-refractivity contribution in [2.45, 2.75) is 13.1 Å². The van der Waals surface area contributed by atoms with Crippen LogP contribution in [0.3, 0.4) is 0 Å². The summed E-state index contributed by atoms with van der Waals surface area (Å²) in [5.41, 5.74) is -0.332. The average molecular weight is 398 g/mol. The van der Waals surface area contributed by atoms with Gasteiger partial charge in [0, 0.05) is 12.3 Å². The molecule has 0 amide bonds. The summed E-state index contributed by atoms with van der Waals surface area (Å²) in [6.07, 6.45) is -4.25. The molecule has 28 heavy (non-hydrogen) atoms. The second kappa shape index (κ2) is 7.50. The summed E-state index contributed by atoms with van der Waals surface area (Å²) in [5.74, 6) is -1.57. The predicted octanol–water partition coefficient (Wildman–Crippen LogP) is 2.70. The largest absolute Gasteiger partial charge is 0.462 e. The number of nitro groups is 1. The Bertz CT molecular complexity index is 1030. The van der Waals surface area contributed by atoms with Crippen molar-refractivity contribution in [3.63, 3.8) is 0 Å². The van der Waals surface area contributed by atoms with Crippen LogP contribution in [0, 0.1) is 10.1 Å². The highest BCUT2D eigenvalue weighted by molar-refractivity contribution is 5.91. The third-order valence-electron chi connectivity index (χ3n) is 3.55. The number of ether oxygens (including phenoxy) is 1. The number of alkyl halides is 3. The van der Waals surface area contributed by atoms with Gasteiger partial charge in [-0.25, -0.2) is 9.78 Å². The molecule has 1 aromatic heterocycles. The first kappa shape index (κ1) is 20.6. The Hall–Kier alpha value is -3.70. The lowest BCUT2D eigenvalue weighted by Gasteiger charge is -2.14. The lowest BCUT2D eigenvalue weighted by atomic mass is 10.1. The van der Waals surface area contributed by atoms with Gasteiger partial charge < -0.3 is 10.5 Å². The van der Waals surface area contributed by atoms with Crippen LogP contribution in [0.15, 0.2) is 29.6 Å². The van der Waals surface area contributed by atoms with E-state index in [2.05, 4.69) is 11.6 Å². The zero-order chi connectivity index (χ0) is 21.2. The maximum absolute atomic E-state index is 13.2. The number of hydrogen-bond acceptors (Lipinski definition) is 7. The number of anilines is 1. The number of rotatable bonds is 5. The van der Waals surface area contributed by atoms with Crippen molar-refractivity contribution in [1.29, 1.82) is 0 Å². The van der Waals surface area contributed by atoms with Gasteiger partial charge in [0.1, 0.15) is 5.69 Å². The minimum atomic E-state index is -5.07. The van der Waals surface area contributed by atoms with E-state index in [9.17, 15) is 32.9 Å². The van der Waals surface area contributed by atoms with Crippen molar-refractivity contribution >= 4 is 23.5 Å². The molecular weight excluding hydrogens is 385 g/mol. The van der Waals surface area contributed by atoms with E-state index in [-0.39, 0.29) is 12.2 Å². The molecule has 1 aromatic carbocycles. The van der Waals surface area contributed by atoms with Crippen molar-refractivity contribution in [3.8, 4) is 11.4 Å². The molecule has 0 radical (unpaired) electrons. The Morgan fingerprint density at radius 2 is 2.11 bits per heavy atom. The van der Waals surface area contributed by atoms with E-state index in [1.165, 1.54) is 6.92 Å². The average Bonchev–Trinajstić information content (AvgIpc) is 2.62. The van der Waals surface area contributed by atoms with Gasteiger partial charge in [0.25, 0.3) is 11.2 Å². The van der Waals surface area contributed by atoms with E-state index in [0.29, 0.717) is 4.57 Å². The Balaban J connectivity index is 2.85. The van der Waals surface area contributed by atoms with Crippen LogP contribution in [0.2, 0.25) is 0 Å². The van der Waals surface area contributed by atoms with Crippen LogP contribution in [-0.4, -0.2) is 27.1 Å². The molecule has 9 nitrogen and oxygen atoms in total. The highest BCUT2D eigenvalue weighted by Crippen LogP contribution is 2.35. The van der Waals surface area contributed by atoms with Gasteiger partial charge >= 0.3 is 12.1 Å². The zero-order valence-electron chi connectivity index (χ0n) is 14.3. The van der Waals surface area contributed by atoms with Gasteiger partial charge in [-0.05, 0) is 19.1 Å². The van der Waals surface area contributed by atoms with Gasteiger partial charge in [0.05, 0.1) is 22.7 Å². The highest BCUT2D eigenvalue weighted by atomic mass is 19.4. The first-order valence-corrected chi connectivity index (χ1v) is 7.60. The second-order valence-corrected chi connectivity index (χ2v) is 5.26. The van der Waals surface area contributed by atoms with E-state index in [1.807, 2.05) is 0 Å². The molecule has 0 fully saturated rings. The number of benzene rings is 1. The highest BCUT2D eigenvalue weighted by Gasteiger charge is 2.38. The summed E-state index contributed by atoms with van der Waals surface area (Å²) in [6, 6.07) is 2.91. The van der Waals surface area contributed by atoms with E-state index in [0.717, 1.165) is 24.4 Å². The van der Waals surface area contributed by atoms with Crippen LogP contribution >= 0.6 is 0 Å². The Morgan fingerprint density at radius 1 is 1.46 bits per heavy atom. The maximum Gasteiger partial charge on any atom is 0.435 e. The molecular formula is C16H13F3N4O5. The number of nitro benzene ring substituents is 1. The van der Waals surface area contributed by atoms with Crippen molar-refractivity contribution in [3.05, 3.63) is 56.5 Å². The van der Waals surface area contributed by atoms with E-state index in [1.54, 1.807) is 0 Å². The van der Waals surface area contributed by atoms with Gasteiger partial charge in [-0.2, -0.15) is 13.2 Å². The number of esters is 1. The zero-order valence-corrected chi connectivity index (χ0v) is 14.3. The number of nitrogens with two attached hydrogens (primary N) is 1. The Kier molecular flexibility index (Phi) is 5.52. The number of nitrogens with zero attached hydrogens (tertiary/aromatic N) is 3. The number of halogens is 3. The SMILES string of the molecule is C=Cn1c(-c2ccc(C(=O)OCC)cc2[N+](=O)[O-])nc(C(F)(F)F)c(N)c1=O. The quantitative estimate of drug-likeness (QED) is 0.465. The van der Waals surface area contributed by atoms with Crippen molar-refractivity contribution in [2.75, 3.05) is 12.3 Å². The fourth-order valence-corrected chi connectivity index (χ4v) is 2.34. The minimum absolute atomic E-state index is 0.0127. The summed E-state index contributed by atoms with van der Waals surface area (Å²) < 4.78 is 44.8. The van der Waals surface area contributed by atoms with Crippen LogP contribution in [0.4, 0.5) is 24.5 Å². The number of hydrogen-bond donors (Lipinski definition) is 1. The molecule has 0 spiro atoms. The Labute approximate surface area is 155 Å². The van der Waals surface area contributed by atoms with Crippen molar-refractivity contribution in [1.82, 2.24) is 9.55 Å². The fourth-order valence-electron chi connectivity index (χ4n) is 2.34. The van der Waals surface area contributed by atoms with Gasteiger partial charge in [0.15, 0.2) is 11.5 Å². The van der Waals surface area contributed by atoms with Gasteiger partial charge in [-0.3, -0.25) is 19.5 Å². The standard InChI is InChI=1S/C16H13F3N4O5/c1-3-22-13(21-12(16(17,18)19)11(20)14(22)24)9-6-5-8(15(25)28-4-2)7-10(9)23(26)27/h3,5-7H,1,4,20H2,2H3. The van der Waals surface area contributed by atoms with Crippen LogP contribution in [0.1, 0.15) is 23.0 Å². The molecule has 2 aromatic rings. The van der Waals surface area contributed by atoms with Gasteiger partial charge in [0.2, 0.25) is 0 Å². The first-order valence-electron chi connectivity index (χ1n) is 7.60. The van der Waals surface area contributed by atoms with Gasteiger partial charge in [-0.1, -0.05) is 6.58 Å². The van der Waals surface area contributed by atoms with E-state index < -0.39 is 51.1 Å². The summed E-state index contributed by atoms with van der Waals surface area (Å²) in [5, 5.41) is 11.4. The number of nitrogen functional groups attached to an aromatic ring is 1. The molecule has 0 bridgehead atoms. The van der Waals surface area contributed by atoms with Gasteiger partial charge in [-0.15, -0.1) is 0 Å². The van der Waals surface area contributed by atoms with Crippen LogP contribution < -0.4 is 11.3 Å². The van der Waals surface area contributed by atoms with Crippen molar-refractivity contribution < 1.29 is 27.6 Å². The number of carbonyl (C=O) groups is 1. The molecule has 148 valence electrons. The molecule has 1 heterocycles. The molecule has 0 saturated heterocycles. The molecule has 0 aliphatic heterocycles. The summed E-state index contributed by atoms with van der Waals surface area (Å²) in [4.78, 5) is 37.8. The van der Waals surface area contributed by atoms with Crippen molar-refractivity contribution in [2.24, 2.45) is 0 Å². The van der Waals surface area contributed by atoms with E-state index in [4.69, 9.17) is 10.5 Å². The predicted molar refractivity (Wildman–Crippen MR) is 92.3 cm³/mol. The van der Waals surface area contributed by atoms with Crippen LogP contribution in [0.25, 0.3) is 17.6 Å².